The summed E-state index contributed by atoms with van der Waals surface area (Å²) in [5, 5.41) is 3.24. The van der Waals surface area contributed by atoms with Crippen LogP contribution in [0.2, 0.25) is 10.0 Å². The molecule has 2 nitrogen and oxygen atoms in total. The molecule has 2 atom stereocenters. The molecular weight excluding hydrogens is 257 g/mol. The molecule has 2 aliphatic rings. The molecule has 2 heterocycles. The van der Waals surface area contributed by atoms with Gasteiger partial charge < -0.3 is 0 Å². The molecule has 4 heteroatoms. The maximum atomic E-state index is 6.27. The molecule has 2 bridgehead atoms. The molecule has 90 valence electrons. The zero-order valence-corrected chi connectivity index (χ0v) is 11.1. The molecule has 0 radical (unpaired) electrons. The third kappa shape index (κ3) is 1.75. The van der Waals surface area contributed by atoms with Crippen LogP contribution in [-0.4, -0.2) is 12.1 Å². The molecule has 1 saturated heterocycles. The first-order valence-electron chi connectivity index (χ1n) is 5.65. The van der Waals surface area contributed by atoms with Gasteiger partial charge in [0.1, 0.15) is 0 Å². The molecule has 3 rings (SSSR count). The summed E-state index contributed by atoms with van der Waals surface area (Å²) < 4.78 is 0. The number of halogens is 2. The van der Waals surface area contributed by atoms with Crippen LogP contribution >= 0.6 is 23.2 Å². The second-order valence-corrected chi connectivity index (χ2v) is 5.59. The van der Waals surface area contributed by atoms with Gasteiger partial charge in [0, 0.05) is 17.9 Å². The van der Waals surface area contributed by atoms with E-state index in [1.807, 2.05) is 18.1 Å². The number of fused-ring (bicyclic) bond motifs is 4. The van der Waals surface area contributed by atoms with Crippen molar-refractivity contribution in [3.8, 4) is 0 Å². The highest BCUT2D eigenvalue weighted by molar-refractivity contribution is 6.36. The van der Waals surface area contributed by atoms with Crippen molar-refractivity contribution in [1.82, 2.24) is 0 Å². The highest BCUT2D eigenvalue weighted by Crippen LogP contribution is 2.44. The van der Waals surface area contributed by atoms with Gasteiger partial charge in [0.05, 0.1) is 22.9 Å². The van der Waals surface area contributed by atoms with Crippen LogP contribution in [0.3, 0.4) is 0 Å². The van der Waals surface area contributed by atoms with E-state index in [0.717, 1.165) is 24.1 Å². The zero-order chi connectivity index (χ0) is 12.2. The Kier molecular flexibility index (Phi) is 2.62. The fraction of sp³-hybridized carbons (Fsp3) is 0.385. The van der Waals surface area contributed by atoms with Gasteiger partial charge in [-0.25, -0.2) is 5.06 Å². The second kappa shape index (κ2) is 3.91. The Bertz CT molecular complexity index is 500. The molecule has 17 heavy (non-hydrogen) atoms. The Morgan fingerprint density at radius 3 is 2.94 bits per heavy atom. The summed E-state index contributed by atoms with van der Waals surface area (Å²) in [6, 6.07) is 3.96. The van der Waals surface area contributed by atoms with Crippen molar-refractivity contribution in [3.63, 3.8) is 0 Å². The number of hydrogen-bond donors (Lipinski definition) is 0. The quantitative estimate of drug-likeness (QED) is 0.715. The lowest BCUT2D eigenvalue weighted by Gasteiger charge is -2.31. The minimum atomic E-state index is 0.221. The third-order valence-corrected chi connectivity index (χ3v) is 3.88. The van der Waals surface area contributed by atoms with Crippen LogP contribution in [0.15, 0.2) is 24.3 Å². The van der Waals surface area contributed by atoms with Crippen molar-refractivity contribution in [2.45, 2.75) is 31.9 Å². The zero-order valence-electron chi connectivity index (χ0n) is 9.54. The first-order chi connectivity index (χ1) is 8.06. The standard InChI is InChI=1S/C13H13Cl2NO/c1-7(2)12-6-10-4-8-3-9(14)5-11(15)13(8)16(12)17-10/h3,5,10,12H,1,4,6H2,2H3/t10-,12-/m0/s1. The van der Waals surface area contributed by atoms with E-state index in [9.17, 15) is 0 Å². The highest BCUT2D eigenvalue weighted by Gasteiger charge is 2.40. The van der Waals surface area contributed by atoms with E-state index in [2.05, 4.69) is 6.58 Å². The van der Waals surface area contributed by atoms with Gasteiger partial charge in [-0.05, 0) is 24.6 Å². The maximum absolute atomic E-state index is 6.27. The molecule has 0 N–H and O–H groups in total. The molecule has 0 saturated carbocycles. The maximum Gasteiger partial charge on any atom is 0.0921 e. The molecule has 0 unspecified atom stereocenters. The molecule has 0 aromatic heterocycles. The molecule has 0 amide bonds. The molecule has 1 aromatic carbocycles. The average molecular weight is 270 g/mol. The van der Waals surface area contributed by atoms with E-state index in [4.69, 9.17) is 28.0 Å². The molecule has 2 aliphatic heterocycles. The van der Waals surface area contributed by atoms with Crippen molar-refractivity contribution in [2.75, 3.05) is 5.06 Å². The summed E-state index contributed by atoms with van der Waals surface area (Å²) in [6.07, 6.45) is 2.06. The Labute approximate surface area is 111 Å². The van der Waals surface area contributed by atoms with E-state index in [-0.39, 0.29) is 12.1 Å². The van der Waals surface area contributed by atoms with Crippen LogP contribution in [0.4, 0.5) is 5.69 Å². The summed E-state index contributed by atoms with van der Waals surface area (Å²) in [5.41, 5.74) is 3.23. The fourth-order valence-electron chi connectivity index (χ4n) is 2.62. The van der Waals surface area contributed by atoms with Crippen LogP contribution < -0.4 is 5.06 Å². The van der Waals surface area contributed by atoms with Crippen molar-refractivity contribution in [2.24, 2.45) is 0 Å². The van der Waals surface area contributed by atoms with Gasteiger partial charge in [-0.3, -0.25) is 4.84 Å². The lowest BCUT2D eigenvalue weighted by atomic mass is 10.0. The van der Waals surface area contributed by atoms with Crippen molar-refractivity contribution < 1.29 is 4.84 Å². The molecule has 1 fully saturated rings. The van der Waals surface area contributed by atoms with Crippen molar-refractivity contribution in [3.05, 3.63) is 39.9 Å². The van der Waals surface area contributed by atoms with Gasteiger partial charge in [0.2, 0.25) is 0 Å². The van der Waals surface area contributed by atoms with Crippen LogP contribution in [0.1, 0.15) is 18.9 Å². The Hall–Kier alpha value is -0.700. The van der Waals surface area contributed by atoms with E-state index in [0.29, 0.717) is 10.0 Å². The second-order valence-electron chi connectivity index (χ2n) is 4.75. The van der Waals surface area contributed by atoms with Gasteiger partial charge >= 0.3 is 0 Å². The summed E-state index contributed by atoms with van der Waals surface area (Å²) in [6.45, 7) is 6.05. The highest BCUT2D eigenvalue weighted by atomic mass is 35.5. The van der Waals surface area contributed by atoms with Gasteiger partial charge in [0.25, 0.3) is 0 Å². The Balaban J connectivity index is 2.12. The van der Waals surface area contributed by atoms with Crippen molar-refractivity contribution >= 4 is 28.9 Å². The number of hydroxylamine groups is 1. The lowest BCUT2D eigenvalue weighted by molar-refractivity contribution is 0.0749. The van der Waals surface area contributed by atoms with Crippen LogP contribution in [-0.2, 0) is 11.3 Å². The van der Waals surface area contributed by atoms with E-state index < -0.39 is 0 Å². The number of hydrogen-bond acceptors (Lipinski definition) is 2. The molecular formula is C13H13Cl2NO. The van der Waals surface area contributed by atoms with Gasteiger partial charge in [-0.2, -0.15) is 0 Å². The number of rotatable bonds is 1. The molecule has 1 aromatic rings. The van der Waals surface area contributed by atoms with Gasteiger partial charge in [-0.15, -0.1) is 0 Å². The smallest absolute Gasteiger partial charge is 0.0921 e. The SMILES string of the molecule is C=C(C)[C@@H]1C[C@@H]2Cc3cc(Cl)cc(Cl)c3N1O2. The molecule has 0 aliphatic carbocycles. The van der Waals surface area contributed by atoms with E-state index in [1.54, 1.807) is 6.07 Å². The lowest BCUT2D eigenvalue weighted by Crippen LogP contribution is -2.32. The minimum Gasteiger partial charge on any atom is -0.269 e. The normalized spacial score (nSPS) is 25.9. The van der Waals surface area contributed by atoms with E-state index in [1.165, 1.54) is 5.56 Å². The van der Waals surface area contributed by atoms with Crippen LogP contribution in [0.25, 0.3) is 0 Å². The van der Waals surface area contributed by atoms with Gasteiger partial charge in [0.15, 0.2) is 0 Å². The van der Waals surface area contributed by atoms with Crippen LogP contribution in [0, 0.1) is 0 Å². The monoisotopic (exact) mass is 269 g/mol. The fourth-order valence-corrected chi connectivity index (χ4v) is 3.24. The minimum absolute atomic E-state index is 0.221. The number of anilines is 1. The predicted octanol–water partition coefficient (Wildman–Crippen LogP) is 4.00. The first kappa shape index (κ1) is 11.4. The summed E-state index contributed by atoms with van der Waals surface area (Å²) >= 11 is 12.3. The number of benzene rings is 1. The largest absolute Gasteiger partial charge is 0.269 e. The summed E-state index contributed by atoms with van der Waals surface area (Å²) in [4.78, 5) is 5.86. The van der Waals surface area contributed by atoms with Crippen molar-refractivity contribution in [1.29, 1.82) is 0 Å². The van der Waals surface area contributed by atoms with Crippen LogP contribution in [0.5, 0.6) is 0 Å². The summed E-state index contributed by atoms with van der Waals surface area (Å²) in [7, 11) is 0. The predicted molar refractivity (Wildman–Crippen MR) is 70.7 cm³/mol. The summed E-state index contributed by atoms with van der Waals surface area (Å²) in [5.74, 6) is 0. The average Bonchev–Trinajstić information content (AvgIpc) is 2.55. The number of nitrogens with zero attached hydrogens (tertiary/aromatic N) is 1. The van der Waals surface area contributed by atoms with E-state index >= 15 is 0 Å². The third-order valence-electron chi connectivity index (χ3n) is 3.38. The van der Waals surface area contributed by atoms with Gasteiger partial charge in [-0.1, -0.05) is 35.4 Å². The first-order valence-corrected chi connectivity index (χ1v) is 6.41. The Morgan fingerprint density at radius 1 is 1.47 bits per heavy atom. The Morgan fingerprint density at radius 2 is 2.24 bits per heavy atom. The topological polar surface area (TPSA) is 12.5 Å². The molecule has 0 spiro atoms.